The molecule has 3 heterocycles. The van der Waals surface area contributed by atoms with E-state index < -0.39 is 23.8 Å². The second kappa shape index (κ2) is 20.8. The third kappa shape index (κ3) is 11.6. The van der Waals surface area contributed by atoms with Crippen molar-refractivity contribution in [2.45, 2.75) is 119 Å². The lowest BCUT2D eigenvalue weighted by Gasteiger charge is -2.37. The molecule has 0 amide bonds. The van der Waals surface area contributed by atoms with Crippen molar-refractivity contribution >= 4 is 65.7 Å². The van der Waals surface area contributed by atoms with Crippen molar-refractivity contribution < 1.29 is 28.6 Å². The van der Waals surface area contributed by atoms with Gasteiger partial charge in [0.2, 0.25) is 5.70 Å². The fraction of sp³-hybridized carbons (Fsp3) is 0.633. The van der Waals surface area contributed by atoms with Crippen LogP contribution in [0.25, 0.3) is 4.85 Å². The Balaban J connectivity index is 1.26. The summed E-state index contributed by atoms with van der Waals surface area (Å²) < 4.78 is 18.2. The Kier molecular flexibility index (Phi) is 16.1. The van der Waals surface area contributed by atoms with Gasteiger partial charge in [0, 0.05) is 56.4 Å². The smallest absolute Gasteiger partial charge is 0.345 e. The van der Waals surface area contributed by atoms with Gasteiger partial charge < -0.3 is 28.9 Å². The summed E-state index contributed by atoms with van der Waals surface area (Å²) in [6.07, 6.45) is 9.93. The van der Waals surface area contributed by atoms with Crippen LogP contribution in [0.2, 0.25) is 0 Å². The first-order valence-electron chi connectivity index (χ1n) is 22.6. The number of ether oxygens (including phenoxy) is 3. The Morgan fingerprint density at radius 3 is 1.19 bits per heavy atom. The van der Waals surface area contributed by atoms with Gasteiger partial charge in [-0.1, -0.05) is 41.5 Å². The number of halogens is 3. The molecule has 0 bridgehead atoms. The highest BCUT2D eigenvalue weighted by Gasteiger charge is 2.40. The molecule has 12 nitrogen and oxygen atoms in total. The summed E-state index contributed by atoms with van der Waals surface area (Å²) in [6.45, 7) is 25.2. The maximum absolute atomic E-state index is 13.9. The van der Waals surface area contributed by atoms with Crippen LogP contribution in [0.4, 0.5) is 0 Å². The molecule has 0 spiro atoms. The van der Waals surface area contributed by atoms with Crippen molar-refractivity contribution in [3.05, 3.63) is 75.5 Å². The standard InChI is InChI=1S/C49H61Br3N6O6/c1-47(2)20-32(35(26-53)37(23-47)56-14-8-9-15-56)40(50)44(59)62-28-31(29-63-45(60)41(51)33-21-48(3,4)24-38(36(33)27-54)57-16-10-11-17-57)30-64-46(61)42(52)34-22-49(5,6)25-39(43(34)55-7)58-18-12-13-19-58/h31H,8-25,28-30H2,1-6H3/b40-32-,41-33-,42-34-. The molecule has 0 saturated carbocycles. The number of esters is 3. The molecule has 6 rings (SSSR count). The van der Waals surface area contributed by atoms with Crippen molar-refractivity contribution in [1.82, 2.24) is 14.7 Å². The van der Waals surface area contributed by atoms with Crippen molar-refractivity contribution in [3.8, 4) is 12.1 Å². The number of rotatable bonds is 12. The van der Waals surface area contributed by atoms with E-state index in [1.807, 2.05) is 0 Å². The zero-order valence-electron chi connectivity index (χ0n) is 38.2. The number of carbonyl (C=O) groups excluding carboxylic acids is 3. The fourth-order valence-electron chi connectivity index (χ4n) is 10.0. The third-order valence-corrected chi connectivity index (χ3v) is 15.5. The van der Waals surface area contributed by atoms with Gasteiger partial charge in [-0.15, -0.1) is 0 Å². The first-order valence-corrected chi connectivity index (χ1v) is 25.0. The number of allylic oxidation sites excluding steroid dienone is 8. The van der Waals surface area contributed by atoms with Gasteiger partial charge in [-0.25, -0.2) is 19.2 Å². The molecule has 0 unspecified atom stereocenters. The summed E-state index contributed by atoms with van der Waals surface area (Å²) in [6, 6.07) is 4.76. The van der Waals surface area contributed by atoms with E-state index in [-0.39, 0.29) is 49.5 Å². The van der Waals surface area contributed by atoms with E-state index in [9.17, 15) is 24.9 Å². The molecule has 3 saturated heterocycles. The lowest BCUT2D eigenvalue weighted by Crippen LogP contribution is -2.31. The summed E-state index contributed by atoms with van der Waals surface area (Å²) in [7, 11) is 0. The Morgan fingerprint density at radius 1 is 0.562 bits per heavy atom. The van der Waals surface area contributed by atoms with Crippen LogP contribution < -0.4 is 0 Å². The summed E-state index contributed by atoms with van der Waals surface area (Å²) in [5, 5.41) is 20.8. The molecule has 3 aliphatic carbocycles. The topological polar surface area (TPSA) is 141 Å². The Labute approximate surface area is 404 Å². The van der Waals surface area contributed by atoms with E-state index in [0.717, 1.165) is 114 Å². The van der Waals surface area contributed by atoms with Gasteiger partial charge in [0.15, 0.2) is 0 Å². The first-order chi connectivity index (χ1) is 30.3. The first kappa shape index (κ1) is 49.6. The minimum absolute atomic E-state index is 0.151. The van der Waals surface area contributed by atoms with E-state index in [1.165, 1.54) is 0 Å². The van der Waals surface area contributed by atoms with Crippen molar-refractivity contribution in [2.75, 3.05) is 59.1 Å². The van der Waals surface area contributed by atoms with E-state index in [0.29, 0.717) is 52.8 Å². The lowest BCUT2D eigenvalue weighted by molar-refractivity contribution is -0.147. The normalized spacial score (nSPS) is 24.3. The molecule has 0 atom stereocenters. The Morgan fingerprint density at radius 2 is 0.859 bits per heavy atom. The highest BCUT2D eigenvalue weighted by molar-refractivity contribution is 9.12. The molecule has 3 fully saturated rings. The number of hydrogen-bond donors (Lipinski definition) is 0. The molecule has 0 aromatic rings. The zero-order valence-corrected chi connectivity index (χ0v) is 43.0. The number of nitrogens with zero attached hydrogens (tertiary/aromatic N) is 6. The van der Waals surface area contributed by atoms with Gasteiger partial charge in [0.1, 0.15) is 40.9 Å². The molecule has 0 aromatic heterocycles. The van der Waals surface area contributed by atoms with E-state index in [1.54, 1.807) is 0 Å². The third-order valence-electron chi connectivity index (χ3n) is 13.1. The molecule has 0 aromatic carbocycles. The molecule has 64 heavy (non-hydrogen) atoms. The number of nitriles is 2. The van der Waals surface area contributed by atoms with E-state index >= 15 is 0 Å². The van der Waals surface area contributed by atoms with Crippen LogP contribution >= 0.6 is 47.8 Å². The lowest BCUT2D eigenvalue weighted by atomic mass is 9.73. The van der Waals surface area contributed by atoms with Crippen LogP contribution in [0.15, 0.2) is 64.1 Å². The largest absolute Gasteiger partial charge is 0.461 e. The van der Waals surface area contributed by atoms with E-state index in [2.05, 4.69) is 121 Å². The maximum atomic E-state index is 13.9. The highest BCUT2D eigenvalue weighted by Crippen LogP contribution is 2.48. The molecule has 0 radical (unpaired) electrons. The minimum Gasteiger partial charge on any atom is -0.461 e. The minimum atomic E-state index is -0.806. The monoisotopic (exact) mass is 1070 g/mol. The van der Waals surface area contributed by atoms with Gasteiger partial charge in [0.25, 0.3) is 0 Å². The van der Waals surface area contributed by atoms with Gasteiger partial charge >= 0.3 is 17.9 Å². The average molecular weight is 1070 g/mol. The Bertz CT molecular complexity index is 1980. The van der Waals surface area contributed by atoms with Crippen molar-refractivity contribution in [3.63, 3.8) is 0 Å². The van der Waals surface area contributed by atoms with E-state index in [4.69, 9.17) is 20.8 Å². The zero-order chi connectivity index (χ0) is 46.6. The van der Waals surface area contributed by atoms with Gasteiger partial charge in [-0.05, 0) is 158 Å². The van der Waals surface area contributed by atoms with Crippen LogP contribution in [0.5, 0.6) is 0 Å². The predicted octanol–water partition coefficient (Wildman–Crippen LogP) is 10.6. The quantitative estimate of drug-likeness (QED) is 0.0798. The van der Waals surface area contributed by atoms with Gasteiger partial charge in [0.05, 0.1) is 28.1 Å². The van der Waals surface area contributed by atoms with Crippen LogP contribution in [0.3, 0.4) is 0 Å². The molecule has 344 valence electrons. The van der Waals surface area contributed by atoms with Crippen LogP contribution in [0.1, 0.15) is 119 Å². The second-order valence-corrected chi connectivity index (χ2v) is 22.8. The van der Waals surface area contributed by atoms with Crippen LogP contribution in [-0.2, 0) is 28.6 Å². The molecular formula is C49H61Br3N6O6. The average Bonchev–Trinajstić information content (AvgIpc) is 4.09. The summed E-state index contributed by atoms with van der Waals surface area (Å²) in [5.41, 5.74) is 5.41. The summed E-state index contributed by atoms with van der Waals surface area (Å²) in [5.74, 6) is -2.87. The molecule has 0 N–H and O–H groups in total. The molecule has 15 heteroatoms. The fourth-order valence-corrected chi connectivity index (χ4v) is 11.4. The number of hydrogen-bond acceptors (Lipinski definition) is 11. The van der Waals surface area contributed by atoms with Gasteiger partial charge in [-0.3, -0.25) is 0 Å². The summed E-state index contributed by atoms with van der Waals surface area (Å²) in [4.78, 5) is 52.4. The predicted molar refractivity (Wildman–Crippen MR) is 255 cm³/mol. The second-order valence-electron chi connectivity index (χ2n) is 20.4. The molecule has 3 aliphatic heterocycles. The summed E-state index contributed by atoms with van der Waals surface area (Å²) >= 11 is 10.6. The SMILES string of the molecule is [C-]#[N+]C1=C(N2CCCC2)CC(C)(C)C/C1=C(/Br)C(=O)OCC(COC(=O)/C(Br)=C1\CC(C)(C)CC(N2CCCC2)=C1C#N)COC(=O)/C(Br)=C1\CC(C)(C)CC(N2CCCC2)=C1C#N. The molecule has 6 aliphatic rings. The Hall–Kier alpha value is -3.84. The van der Waals surface area contributed by atoms with Crippen LogP contribution in [-0.4, -0.2) is 91.7 Å². The maximum Gasteiger partial charge on any atom is 0.345 e. The highest BCUT2D eigenvalue weighted by atomic mass is 79.9. The molecular weight excluding hydrogens is 1010 g/mol. The van der Waals surface area contributed by atoms with Crippen molar-refractivity contribution in [2.24, 2.45) is 22.2 Å². The van der Waals surface area contributed by atoms with Crippen LogP contribution in [0, 0.1) is 51.4 Å². The van der Waals surface area contributed by atoms with Gasteiger partial charge in [-0.2, -0.15) is 10.5 Å². The number of likely N-dealkylation sites (tertiary alicyclic amines) is 3. The number of carbonyl (C=O) groups is 3. The van der Waals surface area contributed by atoms with Crippen molar-refractivity contribution in [1.29, 1.82) is 10.5 Å².